The van der Waals surface area contributed by atoms with Crippen LogP contribution in [0.2, 0.25) is 0 Å². The van der Waals surface area contributed by atoms with Gasteiger partial charge in [-0.25, -0.2) is 0 Å². The molecule has 0 aliphatic carbocycles. The van der Waals surface area contributed by atoms with Gasteiger partial charge in [0.25, 0.3) is 5.56 Å². The molecule has 2 aromatic carbocycles. The summed E-state index contributed by atoms with van der Waals surface area (Å²) in [5.41, 5.74) is 3.56. The van der Waals surface area contributed by atoms with Gasteiger partial charge in [-0.15, -0.1) is 11.3 Å². The Morgan fingerprint density at radius 3 is 2.39 bits per heavy atom. The Morgan fingerprint density at radius 2 is 1.72 bits per heavy atom. The van der Waals surface area contributed by atoms with Crippen LogP contribution >= 0.6 is 23.1 Å². The highest BCUT2D eigenvalue weighted by atomic mass is 32.2. The molecule has 2 N–H and O–H groups in total. The van der Waals surface area contributed by atoms with Crippen LogP contribution < -0.4 is 29.3 Å². The van der Waals surface area contributed by atoms with Crippen molar-refractivity contribution in [2.75, 3.05) is 11.9 Å². The molecule has 188 valence electrons. The molecule has 0 saturated heterocycles. The number of carbonyl (C=O) groups is 1. The number of hydrogen-bond donors (Lipinski definition) is 0. The molecule has 1 aliphatic rings. The molecular weight excluding hydrogens is 494 g/mol. The van der Waals surface area contributed by atoms with Gasteiger partial charge in [0.2, 0.25) is 11.2 Å². The molecule has 5 rings (SSSR count). The summed E-state index contributed by atoms with van der Waals surface area (Å²) in [6.45, 7) is 6.69. The van der Waals surface area contributed by atoms with Crippen molar-refractivity contribution >= 4 is 56.8 Å². The number of rotatable bonds is 3. The quantitative estimate of drug-likeness (QED) is 0.379. The zero-order chi connectivity index (χ0) is 25.1. The van der Waals surface area contributed by atoms with Crippen LogP contribution in [0.25, 0.3) is 22.0 Å². The number of nitrogens with zero attached hydrogens (tertiary/aromatic N) is 3. The van der Waals surface area contributed by atoms with Gasteiger partial charge in [-0.2, -0.15) is 4.57 Å². The van der Waals surface area contributed by atoms with E-state index in [9.17, 15) is 4.79 Å². The fraction of sp³-hybridized carbons (Fsp3) is 0.222. The minimum Gasteiger partial charge on any atom is -0.550 e. The number of aryl methyl sites for hydroxylation is 1. The number of para-hydroxylation sites is 2. The minimum absolute atomic E-state index is 0. The third-order valence-corrected chi connectivity index (χ3v) is 8.21. The molecule has 0 bridgehead atoms. The lowest BCUT2D eigenvalue weighted by Gasteiger charge is -2.11. The highest BCUT2D eigenvalue weighted by Crippen LogP contribution is 2.44. The monoisotopic (exact) mass is 523 g/mol. The van der Waals surface area contributed by atoms with E-state index in [1.807, 2.05) is 30.7 Å². The molecule has 0 saturated carbocycles. The number of benzene rings is 2. The normalized spacial score (nSPS) is 14.2. The number of carbonyl (C=O) groups excluding carboxylic acids is 1. The maximum Gasteiger partial charge on any atom is 0.271 e. The van der Waals surface area contributed by atoms with Gasteiger partial charge in [-0.3, -0.25) is 9.36 Å². The van der Waals surface area contributed by atoms with Crippen LogP contribution in [0.3, 0.4) is 0 Å². The first-order valence-electron chi connectivity index (χ1n) is 11.4. The number of pyridine rings is 1. The lowest BCUT2D eigenvalue weighted by atomic mass is 10.2. The first-order valence-corrected chi connectivity index (χ1v) is 13.0. The molecule has 2 aromatic heterocycles. The molecule has 3 heterocycles. The summed E-state index contributed by atoms with van der Waals surface area (Å²) in [7, 11) is 2.04. The molecule has 4 aromatic rings. The van der Waals surface area contributed by atoms with Crippen molar-refractivity contribution in [3.05, 3.63) is 85.9 Å². The number of carboxylic acid groups (broad SMARTS) is 1. The molecule has 0 radical (unpaired) electrons. The van der Waals surface area contributed by atoms with Crippen molar-refractivity contribution in [3.8, 4) is 0 Å². The second-order valence-electron chi connectivity index (χ2n) is 7.95. The highest BCUT2D eigenvalue weighted by molar-refractivity contribution is 8.08. The highest BCUT2D eigenvalue weighted by Gasteiger charge is 2.24. The lowest BCUT2D eigenvalue weighted by molar-refractivity contribution is -0.669. The summed E-state index contributed by atoms with van der Waals surface area (Å²) in [6.07, 6.45) is 2.16. The van der Waals surface area contributed by atoms with E-state index in [0.717, 1.165) is 39.1 Å². The Bertz CT molecular complexity index is 1590. The zero-order valence-corrected chi connectivity index (χ0v) is 22.3. The summed E-state index contributed by atoms with van der Waals surface area (Å²) in [5, 5.41) is 11.1. The third kappa shape index (κ3) is 5.23. The Labute approximate surface area is 217 Å². The van der Waals surface area contributed by atoms with E-state index in [4.69, 9.17) is 9.90 Å². The van der Waals surface area contributed by atoms with Gasteiger partial charge in [0.05, 0.1) is 5.69 Å². The number of carboxylic acids is 1. The number of aromatic nitrogens is 2. The van der Waals surface area contributed by atoms with Gasteiger partial charge in [0, 0.05) is 48.1 Å². The van der Waals surface area contributed by atoms with Gasteiger partial charge >= 0.3 is 0 Å². The Kier molecular flexibility index (Phi) is 8.73. The maximum absolute atomic E-state index is 13.3. The Balaban J connectivity index is 0.000000674. The molecule has 0 atom stereocenters. The van der Waals surface area contributed by atoms with E-state index >= 15 is 0 Å². The van der Waals surface area contributed by atoms with Crippen molar-refractivity contribution in [1.29, 1.82) is 0 Å². The van der Waals surface area contributed by atoms with Crippen LogP contribution in [0.5, 0.6) is 0 Å². The second-order valence-corrected chi connectivity index (χ2v) is 10.0. The maximum atomic E-state index is 13.3. The lowest BCUT2D eigenvalue weighted by Crippen LogP contribution is -2.38. The Morgan fingerprint density at radius 1 is 1.06 bits per heavy atom. The van der Waals surface area contributed by atoms with Crippen LogP contribution in [0, 0.1) is 0 Å². The van der Waals surface area contributed by atoms with Gasteiger partial charge in [0.15, 0.2) is 0 Å². The molecule has 1 aliphatic heterocycles. The van der Waals surface area contributed by atoms with E-state index in [-0.39, 0.29) is 11.0 Å². The largest absolute Gasteiger partial charge is 0.550 e. The van der Waals surface area contributed by atoms with Crippen LogP contribution in [-0.4, -0.2) is 23.1 Å². The summed E-state index contributed by atoms with van der Waals surface area (Å²) < 4.78 is 5.98. The van der Waals surface area contributed by atoms with E-state index in [1.165, 1.54) is 15.8 Å². The molecular formula is C27H29N3O4S2. The van der Waals surface area contributed by atoms with E-state index in [1.54, 1.807) is 23.1 Å². The second kappa shape index (κ2) is 11.6. The van der Waals surface area contributed by atoms with Crippen LogP contribution in [0.4, 0.5) is 5.69 Å². The van der Waals surface area contributed by atoms with E-state index in [0.29, 0.717) is 6.54 Å². The van der Waals surface area contributed by atoms with Gasteiger partial charge in [-0.1, -0.05) is 36.0 Å². The number of thiazole rings is 1. The van der Waals surface area contributed by atoms with E-state index in [2.05, 4.69) is 71.0 Å². The Hall–Kier alpha value is -3.40. The number of aliphatic carboxylic acids is 1. The molecule has 0 fully saturated rings. The molecule has 7 nitrogen and oxygen atoms in total. The summed E-state index contributed by atoms with van der Waals surface area (Å²) in [5.74, 6) is -1.08. The van der Waals surface area contributed by atoms with Gasteiger partial charge in [-0.05, 0) is 45.0 Å². The number of anilines is 1. The smallest absolute Gasteiger partial charge is 0.271 e. The SMILES string of the molecule is CC(=O)[O-].CCn1c(=O)/c(=C2/Sc3ccccc3N2C)s/c1=C/c1ccc2ccccc2[n+]1CC.O. The van der Waals surface area contributed by atoms with Gasteiger partial charge in [0.1, 0.15) is 20.8 Å². The van der Waals surface area contributed by atoms with Crippen molar-refractivity contribution in [3.63, 3.8) is 0 Å². The first-order chi connectivity index (χ1) is 16.8. The van der Waals surface area contributed by atoms with Crippen molar-refractivity contribution in [1.82, 2.24) is 4.57 Å². The van der Waals surface area contributed by atoms with Crippen LogP contribution in [0.1, 0.15) is 26.5 Å². The third-order valence-electron chi connectivity index (χ3n) is 5.72. The summed E-state index contributed by atoms with van der Waals surface area (Å²) in [4.78, 5) is 25.6. The first kappa shape index (κ1) is 27.2. The standard InChI is InChI=1S/C25H24N3OS2.C2H4O2.H2O/c1-4-27-18(15-14-17-10-6-7-11-19(17)27)16-22-28(5-2)24(29)23(31-22)25-26(3)20-12-8-9-13-21(20)30-25;1-2(3)4;/h6-16H,4-5H2,1-3H3;1H3,(H,3,4);1H2/q+1;;/p-1/b25-23-;;. The predicted octanol–water partition coefficient (Wildman–Crippen LogP) is 1.46. The molecule has 36 heavy (non-hydrogen) atoms. The topological polar surface area (TPSA) is 101 Å². The average Bonchev–Trinajstić information content (AvgIpc) is 3.34. The molecule has 0 amide bonds. The number of fused-ring (bicyclic) bond motifs is 2. The average molecular weight is 524 g/mol. The molecule has 0 unspecified atom stereocenters. The van der Waals surface area contributed by atoms with Crippen LogP contribution in [0.15, 0.2) is 70.4 Å². The summed E-state index contributed by atoms with van der Waals surface area (Å²) in [6, 6.07) is 21.0. The fourth-order valence-electron chi connectivity index (χ4n) is 4.15. The van der Waals surface area contributed by atoms with Gasteiger partial charge < -0.3 is 20.3 Å². The predicted molar refractivity (Wildman–Crippen MR) is 145 cm³/mol. The van der Waals surface area contributed by atoms with E-state index < -0.39 is 5.97 Å². The van der Waals surface area contributed by atoms with Crippen LogP contribution in [-0.2, 0) is 17.9 Å². The van der Waals surface area contributed by atoms with Crippen molar-refractivity contribution in [2.24, 2.45) is 0 Å². The minimum atomic E-state index is -1.08. The van der Waals surface area contributed by atoms with Crippen molar-refractivity contribution < 1.29 is 19.9 Å². The zero-order valence-electron chi connectivity index (χ0n) is 20.6. The number of thioether (sulfide) groups is 1. The fourth-order valence-corrected chi connectivity index (χ4v) is 6.62. The van der Waals surface area contributed by atoms with Crippen molar-refractivity contribution in [2.45, 2.75) is 38.8 Å². The summed E-state index contributed by atoms with van der Waals surface area (Å²) >= 11 is 3.26. The number of hydrogen-bond acceptors (Lipinski definition) is 6. The molecule has 9 heteroatoms. The molecule has 0 spiro atoms.